The van der Waals surface area contributed by atoms with Crippen molar-refractivity contribution in [3.63, 3.8) is 0 Å². The van der Waals surface area contributed by atoms with Gasteiger partial charge in [0.2, 0.25) is 0 Å². The van der Waals surface area contributed by atoms with Gasteiger partial charge in [-0.3, -0.25) is 9.69 Å². The van der Waals surface area contributed by atoms with Gasteiger partial charge in [0.15, 0.2) is 0 Å². The van der Waals surface area contributed by atoms with Gasteiger partial charge in [0, 0.05) is 5.92 Å². The van der Waals surface area contributed by atoms with Crippen LogP contribution in [0.1, 0.15) is 38.5 Å². The van der Waals surface area contributed by atoms with Crippen molar-refractivity contribution in [2.45, 2.75) is 38.5 Å². The molecule has 0 saturated carbocycles. The number of carbonyl (C=O) groups excluding carboxylic acids is 1. The zero-order valence-electron chi connectivity index (χ0n) is 10.2. The predicted octanol–water partition coefficient (Wildman–Crippen LogP) is 1.43. The van der Waals surface area contributed by atoms with Crippen LogP contribution in [-0.4, -0.2) is 43.4 Å². The molecule has 0 aliphatic carbocycles. The second kappa shape index (κ2) is 6.36. The van der Waals surface area contributed by atoms with E-state index in [0.29, 0.717) is 18.2 Å². The van der Waals surface area contributed by atoms with E-state index in [2.05, 4.69) is 10.2 Å². The van der Waals surface area contributed by atoms with Gasteiger partial charge in [0.1, 0.15) is 5.78 Å². The molecule has 0 amide bonds. The number of hydrogen-bond donors (Lipinski definition) is 1. The summed E-state index contributed by atoms with van der Waals surface area (Å²) in [6.45, 7) is 5.10. The minimum absolute atomic E-state index is 0.330. The molecule has 1 N–H and O–H groups in total. The summed E-state index contributed by atoms with van der Waals surface area (Å²) >= 11 is 0. The summed E-state index contributed by atoms with van der Waals surface area (Å²) in [5.41, 5.74) is 0. The van der Waals surface area contributed by atoms with Crippen LogP contribution in [0.2, 0.25) is 0 Å². The second-order valence-electron chi connectivity index (χ2n) is 5.18. The molecule has 0 bridgehead atoms. The second-order valence-corrected chi connectivity index (χ2v) is 5.18. The number of nitrogens with zero attached hydrogens (tertiary/aromatic N) is 1. The summed E-state index contributed by atoms with van der Waals surface area (Å²) in [6.07, 6.45) is 7.21. The molecule has 2 aliphatic rings. The van der Waals surface area contributed by atoms with Crippen molar-refractivity contribution < 1.29 is 4.79 Å². The van der Waals surface area contributed by atoms with Crippen LogP contribution < -0.4 is 5.32 Å². The molecule has 3 nitrogen and oxygen atoms in total. The van der Waals surface area contributed by atoms with Crippen molar-refractivity contribution >= 4 is 5.78 Å². The number of Topliss-reactive ketones (excluding diaryl/α,β-unsaturated/α-hetero) is 1. The van der Waals surface area contributed by atoms with Gasteiger partial charge in [-0.25, -0.2) is 0 Å². The maximum absolute atomic E-state index is 12.1. The van der Waals surface area contributed by atoms with Crippen molar-refractivity contribution in [1.29, 1.82) is 0 Å². The van der Waals surface area contributed by atoms with Gasteiger partial charge in [-0.05, 0) is 58.3 Å². The standard InChI is InChI=1S/C13H24N2O/c16-13(11-15-9-2-1-3-10-15)12-5-4-7-14-8-6-12/h12,14H,1-11H2. The third-order valence-electron chi connectivity index (χ3n) is 3.86. The fraction of sp³-hybridized carbons (Fsp3) is 0.923. The van der Waals surface area contributed by atoms with Crippen molar-refractivity contribution in [1.82, 2.24) is 10.2 Å². The number of piperidine rings is 1. The molecule has 3 heteroatoms. The highest BCUT2D eigenvalue weighted by Crippen LogP contribution is 2.16. The van der Waals surface area contributed by atoms with E-state index in [1.165, 1.54) is 19.3 Å². The summed E-state index contributed by atoms with van der Waals surface area (Å²) < 4.78 is 0. The van der Waals surface area contributed by atoms with E-state index in [1.807, 2.05) is 0 Å². The van der Waals surface area contributed by atoms with Gasteiger partial charge < -0.3 is 5.32 Å². The summed E-state index contributed by atoms with van der Waals surface area (Å²) in [4.78, 5) is 14.5. The van der Waals surface area contributed by atoms with Gasteiger partial charge in [0.25, 0.3) is 0 Å². The molecule has 0 radical (unpaired) electrons. The number of carbonyl (C=O) groups is 1. The quantitative estimate of drug-likeness (QED) is 0.787. The lowest BCUT2D eigenvalue weighted by Gasteiger charge is -2.27. The topological polar surface area (TPSA) is 32.3 Å². The minimum atomic E-state index is 0.330. The van der Waals surface area contributed by atoms with E-state index in [-0.39, 0.29) is 0 Å². The largest absolute Gasteiger partial charge is 0.317 e. The van der Waals surface area contributed by atoms with Crippen LogP contribution in [0.5, 0.6) is 0 Å². The average molecular weight is 224 g/mol. The van der Waals surface area contributed by atoms with E-state index < -0.39 is 0 Å². The first-order valence-electron chi connectivity index (χ1n) is 6.82. The molecule has 0 aromatic heterocycles. The van der Waals surface area contributed by atoms with E-state index in [1.54, 1.807) is 0 Å². The SMILES string of the molecule is O=C(CN1CCCCC1)C1CCCNCC1. The Bertz CT molecular complexity index is 216. The van der Waals surface area contributed by atoms with E-state index in [9.17, 15) is 4.79 Å². The Labute approximate surface area is 98.6 Å². The van der Waals surface area contributed by atoms with Crippen molar-refractivity contribution in [3.05, 3.63) is 0 Å². The molecule has 2 heterocycles. The van der Waals surface area contributed by atoms with Crippen molar-refractivity contribution in [2.75, 3.05) is 32.7 Å². The lowest BCUT2D eigenvalue weighted by molar-refractivity contribution is -0.124. The van der Waals surface area contributed by atoms with Crippen LogP contribution in [0.25, 0.3) is 0 Å². The number of ketones is 1. The normalized spacial score (nSPS) is 28.6. The van der Waals surface area contributed by atoms with E-state index >= 15 is 0 Å². The minimum Gasteiger partial charge on any atom is -0.317 e. The molecule has 92 valence electrons. The molecule has 1 unspecified atom stereocenters. The first-order valence-corrected chi connectivity index (χ1v) is 6.82. The van der Waals surface area contributed by atoms with Crippen LogP contribution in [0.3, 0.4) is 0 Å². The lowest BCUT2D eigenvalue weighted by Crippen LogP contribution is -2.37. The summed E-state index contributed by atoms with van der Waals surface area (Å²) in [5.74, 6) is 0.822. The molecule has 2 aliphatic heterocycles. The molecule has 16 heavy (non-hydrogen) atoms. The number of likely N-dealkylation sites (tertiary alicyclic amines) is 1. The molecule has 0 aromatic rings. The summed E-state index contributed by atoms with van der Waals surface area (Å²) in [5, 5.41) is 3.37. The highest BCUT2D eigenvalue weighted by Gasteiger charge is 2.22. The van der Waals surface area contributed by atoms with Crippen LogP contribution in [-0.2, 0) is 4.79 Å². The monoisotopic (exact) mass is 224 g/mol. The third kappa shape index (κ3) is 3.56. The number of rotatable bonds is 3. The predicted molar refractivity (Wildman–Crippen MR) is 65.5 cm³/mol. The number of hydrogen-bond acceptors (Lipinski definition) is 3. The average Bonchev–Trinajstić information content (AvgIpc) is 2.59. The zero-order chi connectivity index (χ0) is 11.2. The van der Waals surface area contributed by atoms with Crippen LogP contribution in [0.15, 0.2) is 0 Å². The van der Waals surface area contributed by atoms with Crippen LogP contribution in [0, 0.1) is 5.92 Å². The Morgan fingerprint density at radius 3 is 2.69 bits per heavy atom. The Morgan fingerprint density at radius 1 is 1.06 bits per heavy atom. The Balaban J connectivity index is 1.76. The van der Waals surface area contributed by atoms with Crippen LogP contribution in [0.4, 0.5) is 0 Å². The Morgan fingerprint density at radius 2 is 1.88 bits per heavy atom. The summed E-state index contributed by atoms with van der Waals surface area (Å²) in [7, 11) is 0. The maximum Gasteiger partial charge on any atom is 0.149 e. The molecular formula is C13H24N2O. The third-order valence-corrected chi connectivity index (χ3v) is 3.86. The van der Waals surface area contributed by atoms with Crippen LogP contribution >= 0.6 is 0 Å². The fourth-order valence-corrected chi connectivity index (χ4v) is 2.81. The smallest absolute Gasteiger partial charge is 0.149 e. The van der Waals surface area contributed by atoms with E-state index in [0.717, 1.165) is 45.4 Å². The first kappa shape index (κ1) is 12.1. The first-order chi connectivity index (χ1) is 7.86. The van der Waals surface area contributed by atoms with Gasteiger partial charge in [-0.15, -0.1) is 0 Å². The molecule has 2 rings (SSSR count). The highest BCUT2D eigenvalue weighted by molar-refractivity contribution is 5.83. The molecular weight excluding hydrogens is 200 g/mol. The van der Waals surface area contributed by atoms with Gasteiger partial charge >= 0.3 is 0 Å². The Kier molecular flexibility index (Phi) is 4.79. The molecule has 2 fully saturated rings. The summed E-state index contributed by atoms with van der Waals surface area (Å²) in [6, 6.07) is 0. The Hall–Kier alpha value is -0.410. The van der Waals surface area contributed by atoms with Gasteiger partial charge in [0.05, 0.1) is 6.54 Å². The molecule has 0 aromatic carbocycles. The molecule has 1 atom stereocenters. The van der Waals surface area contributed by atoms with E-state index in [4.69, 9.17) is 0 Å². The molecule has 0 spiro atoms. The number of nitrogens with one attached hydrogen (secondary N) is 1. The van der Waals surface area contributed by atoms with Gasteiger partial charge in [-0.2, -0.15) is 0 Å². The fourth-order valence-electron chi connectivity index (χ4n) is 2.81. The zero-order valence-corrected chi connectivity index (χ0v) is 10.2. The highest BCUT2D eigenvalue weighted by atomic mass is 16.1. The lowest BCUT2D eigenvalue weighted by atomic mass is 9.95. The van der Waals surface area contributed by atoms with Crippen molar-refractivity contribution in [2.24, 2.45) is 5.92 Å². The molecule has 2 saturated heterocycles. The van der Waals surface area contributed by atoms with Crippen molar-refractivity contribution in [3.8, 4) is 0 Å². The maximum atomic E-state index is 12.1. The van der Waals surface area contributed by atoms with Gasteiger partial charge in [-0.1, -0.05) is 6.42 Å².